The number of nitrogens with zero attached hydrogens (tertiary/aromatic N) is 4. The minimum Gasteiger partial charge on any atom is -0.450 e. The maximum absolute atomic E-state index is 12.8. The van der Waals surface area contributed by atoms with Crippen molar-refractivity contribution in [2.45, 2.75) is 32.6 Å². The van der Waals surface area contributed by atoms with Gasteiger partial charge in [0.1, 0.15) is 5.69 Å². The Bertz CT molecular complexity index is 887. The number of nitro groups is 1. The lowest BCUT2D eigenvalue weighted by molar-refractivity contribution is -0.384. The summed E-state index contributed by atoms with van der Waals surface area (Å²) in [5, 5.41) is 11.8. The smallest absolute Gasteiger partial charge is 0.409 e. The molecular weight excluding hydrogens is 404 g/mol. The monoisotopic (exact) mass is 430 g/mol. The van der Waals surface area contributed by atoms with Crippen LogP contribution in [0.2, 0.25) is 0 Å². The Morgan fingerprint density at radius 3 is 2.26 bits per heavy atom. The normalized spacial score (nSPS) is 23.7. The van der Waals surface area contributed by atoms with Crippen molar-refractivity contribution in [3.05, 3.63) is 28.3 Å². The second-order valence-electron chi connectivity index (χ2n) is 8.11. The Balaban J connectivity index is 1.56. The third kappa shape index (κ3) is 3.82. The van der Waals surface area contributed by atoms with Gasteiger partial charge in [-0.25, -0.2) is 9.69 Å². The number of amides is 3. The van der Waals surface area contributed by atoms with Crippen molar-refractivity contribution in [1.82, 2.24) is 4.90 Å². The molecule has 1 aromatic rings. The van der Waals surface area contributed by atoms with Crippen LogP contribution in [0.25, 0.3) is 0 Å². The van der Waals surface area contributed by atoms with Crippen LogP contribution in [0.4, 0.5) is 21.9 Å². The van der Waals surface area contributed by atoms with Gasteiger partial charge in [0.15, 0.2) is 0 Å². The molecule has 4 rings (SSSR count). The van der Waals surface area contributed by atoms with Gasteiger partial charge in [-0.2, -0.15) is 0 Å². The van der Waals surface area contributed by atoms with Gasteiger partial charge in [0, 0.05) is 32.2 Å². The average Bonchev–Trinajstić information content (AvgIpc) is 3.04. The third-order valence-corrected chi connectivity index (χ3v) is 6.40. The first kappa shape index (κ1) is 21.1. The summed E-state index contributed by atoms with van der Waals surface area (Å²) in [4.78, 5) is 53.4. The Morgan fingerprint density at radius 2 is 1.71 bits per heavy atom. The number of hydrogen-bond acceptors (Lipinski definition) is 7. The molecule has 2 aliphatic heterocycles. The first-order valence-electron chi connectivity index (χ1n) is 10.7. The highest BCUT2D eigenvalue weighted by Crippen LogP contribution is 2.42. The van der Waals surface area contributed by atoms with E-state index in [1.165, 1.54) is 6.07 Å². The lowest BCUT2D eigenvalue weighted by Crippen LogP contribution is -2.49. The third-order valence-electron chi connectivity index (χ3n) is 6.40. The molecule has 2 atom stereocenters. The van der Waals surface area contributed by atoms with Gasteiger partial charge in [-0.1, -0.05) is 12.8 Å². The van der Waals surface area contributed by atoms with E-state index in [-0.39, 0.29) is 41.1 Å². The first-order valence-corrected chi connectivity index (χ1v) is 10.7. The molecular formula is C21H26N4O6. The van der Waals surface area contributed by atoms with Gasteiger partial charge in [-0.3, -0.25) is 19.7 Å². The lowest BCUT2D eigenvalue weighted by atomic mass is 9.81. The number of ether oxygens (including phenoxy) is 1. The zero-order valence-electron chi connectivity index (χ0n) is 17.5. The maximum Gasteiger partial charge on any atom is 0.409 e. The van der Waals surface area contributed by atoms with Crippen molar-refractivity contribution in [3.63, 3.8) is 0 Å². The van der Waals surface area contributed by atoms with E-state index < -0.39 is 4.92 Å². The summed E-state index contributed by atoms with van der Waals surface area (Å²) in [7, 11) is 0. The summed E-state index contributed by atoms with van der Waals surface area (Å²) in [5.74, 6) is -1.12. The Morgan fingerprint density at radius 1 is 1.10 bits per heavy atom. The Labute approximate surface area is 179 Å². The van der Waals surface area contributed by atoms with Crippen LogP contribution in [-0.2, 0) is 14.3 Å². The number of carbonyl (C=O) groups excluding carboxylic acids is 3. The first-order chi connectivity index (χ1) is 14.9. The minimum absolute atomic E-state index is 0.155. The number of piperazine rings is 1. The standard InChI is InChI=1S/C21H26N4O6/c1-2-31-21(28)23-11-9-22(10-12-23)17-8-7-14(13-18(17)25(29)30)24-19(26)15-5-3-4-6-16(15)20(24)27/h7-8,13,15-16H,2-6,9-12H2,1H3/t15-,16-/m0/s1. The van der Waals surface area contributed by atoms with Crippen LogP contribution in [0, 0.1) is 22.0 Å². The quantitative estimate of drug-likeness (QED) is 0.410. The van der Waals surface area contributed by atoms with Crippen LogP contribution in [0.15, 0.2) is 18.2 Å². The topological polar surface area (TPSA) is 113 Å². The molecule has 1 saturated carbocycles. The van der Waals surface area contributed by atoms with Gasteiger partial charge < -0.3 is 14.5 Å². The summed E-state index contributed by atoms with van der Waals surface area (Å²) in [6.45, 7) is 3.66. The number of hydrogen-bond donors (Lipinski definition) is 0. The molecule has 0 radical (unpaired) electrons. The Kier molecular flexibility index (Phi) is 5.79. The molecule has 2 saturated heterocycles. The van der Waals surface area contributed by atoms with Crippen molar-refractivity contribution in [3.8, 4) is 0 Å². The molecule has 2 heterocycles. The van der Waals surface area contributed by atoms with Gasteiger partial charge in [-0.15, -0.1) is 0 Å². The fourth-order valence-electron chi connectivity index (χ4n) is 4.83. The van der Waals surface area contributed by atoms with Crippen LogP contribution in [-0.4, -0.2) is 60.5 Å². The molecule has 0 unspecified atom stereocenters. The van der Waals surface area contributed by atoms with Gasteiger partial charge in [0.25, 0.3) is 5.69 Å². The van der Waals surface area contributed by atoms with E-state index in [9.17, 15) is 24.5 Å². The van der Waals surface area contributed by atoms with Crippen molar-refractivity contribution in [1.29, 1.82) is 0 Å². The number of fused-ring (bicyclic) bond motifs is 1. The fraction of sp³-hybridized carbons (Fsp3) is 0.571. The van der Waals surface area contributed by atoms with E-state index >= 15 is 0 Å². The molecule has 0 aromatic heterocycles. The van der Waals surface area contributed by atoms with Crippen LogP contribution >= 0.6 is 0 Å². The zero-order chi connectivity index (χ0) is 22.1. The molecule has 31 heavy (non-hydrogen) atoms. The van der Waals surface area contributed by atoms with Crippen LogP contribution in [0.3, 0.4) is 0 Å². The molecule has 0 spiro atoms. The van der Waals surface area contributed by atoms with Crippen molar-refractivity contribution < 1.29 is 24.0 Å². The second-order valence-corrected chi connectivity index (χ2v) is 8.11. The SMILES string of the molecule is CCOC(=O)N1CCN(c2ccc(N3C(=O)[C@H]4CCCC[C@@H]4C3=O)cc2[N+](=O)[O-])CC1. The largest absolute Gasteiger partial charge is 0.450 e. The highest BCUT2D eigenvalue weighted by atomic mass is 16.6. The molecule has 3 fully saturated rings. The lowest BCUT2D eigenvalue weighted by Gasteiger charge is -2.35. The zero-order valence-corrected chi connectivity index (χ0v) is 17.5. The van der Waals surface area contributed by atoms with Crippen molar-refractivity contribution in [2.75, 3.05) is 42.6 Å². The van der Waals surface area contributed by atoms with Gasteiger partial charge >= 0.3 is 6.09 Å². The predicted molar refractivity (Wildman–Crippen MR) is 112 cm³/mol. The molecule has 1 aliphatic carbocycles. The molecule has 10 nitrogen and oxygen atoms in total. The number of nitro benzene ring substituents is 1. The average molecular weight is 430 g/mol. The minimum atomic E-state index is -0.491. The van der Waals surface area contributed by atoms with Crippen molar-refractivity contribution >= 4 is 35.0 Å². The van der Waals surface area contributed by atoms with Crippen LogP contribution in [0.1, 0.15) is 32.6 Å². The summed E-state index contributed by atoms with van der Waals surface area (Å²) >= 11 is 0. The Hall–Kier alpha value is -3.17. The summed E-state index contributed by atoms with van der Waals surface area (Å²) < 4.78 is 5.01. The molecule has 3 aliphatic rings. The molecule has 3 amide bonds. The number of rotatable bonds is 4. The second kappa shape index (κ2) is 8.52. The number of carbonyl (C=O) groups is 3. The van der Waals surface area contributed by atoms with Gasteiger partial charge in [0.2, 0.25) is 11.8 Å². The molecule has 0 bridgehead atoms. The molecule has 166 valence electrons. The number of imide groups is 1. The van der Waals surface area contributed by atoms with E-state index in [1.54, 1.807) is 24.0 Å². The van der Waals surface area contributed by atoms with E-state index in [1.807, 2.05) is 4.90 Å². The van der Waals surface area contributed by atoms with E-state index in [4.69, 9.17) is 4.74 Å². The predicted octanol–water partition coefficient (Wildman–Crippen LogP) is 2.55. The van der Waals surface area contributed by atoms with Crippen LogP contribution < -0.4 is 9.80 Å². The van der Waals surface area contributed by atoms with Crippen molar-refractivity contribution in [2.24, 2.45) is 11.8 Å². The summed E-state index contributed by atoms with van der Waals surface area (Å²) in [6.07, 6.45) is 2.84. The number of benzene rings is 1. The van der Waals surface area contributed by atoms with Crippen LogP contribution in [0.5, 0.6) is 0 Å². The van der Waals surface area contributed by atoms with Gasteiger partial charge in [-0.05, 0) is 31.9 Å². The molecule has 0 N–H and O–H groups in total. The van der Waals surface area contributed by atoms with E-state index in [0.29, 0.717) is 51.3 Å². The summed E-state index contributed by atoms with van der Waals surface area (Å²) in [5.41, 5.74) is 0.510. The maximum atomic E-state index is 12.8. The van der Waals surface area contributed by atoms with E-state index in [0.717, 1.165) is 17.7 Å². The van der Waals surface area contributed by atoms with Gasteiger partial charge in [0.05, 0.1) is 29.1 Å². The highest BCUT2D eigenvalue weighted by Gasteiger charge is 2.49. The number of anilines is 2. The molecule has 1 aromatic carbocycles. The molecule has 10 heteroatoms. The fourth-order valence-corrected chi connectivity index (χ4v) is 4.83. The summed E-state index contributed by atoms with van der Waals surface area (Å²) in [6, 6.07) is 4.52. The highest BCUT2D eigenvalue weighted by molar-refractivity contribution is 6.22. The van der Waals surface area contributed by atoms with E-state index in [2.05, 4.69) is 0 Å².